The van der Waals surface area contributed by atoms with Crippen LogP contribution in [-0.4, -0.2) is 46.9 Å². The highest BCUT2D eigenvalue weighted by molar-refractivity contribution is 5.77. The molecule has 1 amide bonds. The Balaban J connectivity index is 4.60. The van der Waals surface area contributed by atoms with Gasteiger partial charge in [-0.2, -0.15) is 0 Å². The number of rotatable bonds is 50. The molecule has 3 atom stereocenters. The van der Waals surface area contributed by atoms with Crippen molar-refractivity contribution < 1.29 is 24.5 Å². The SMILES string of the molecule is CCC/C=C/C=C/C=C/C=C/C=C/CCCCCCCC(=O)OC(CCCCCCCCCCCCCCCC)CC(=O)NC(CO)C(O)CCCCCCCCCCCCCCCC. The van der Waals surface area contributed by atoms with E-state index in [1.54, 1.807) is 0 Å². The van der Waals surface area contributed by atoms with E-state index in [9.17, 15) is 19.8 Å². The summed E-state index contributed by atoms with van der Waals surface area (Å²) >= 11 is 0. The van der Waals surface area contributed by atoms with E-state index in [0.29, 0.717) is 19.3 Å². The second-order valence-corrected chi connectivity index (χ2v) is 19.1. The number of unbranched alkanes of at least 4 members (excludes halogenated alkanes) is 32. The van der Waals surface area contributed by atoms with E-state index in [2.05, 4.69) is 62.5 Å². The Bertz CT molecular complexity index is 1160. The molecule has 0 saturated carbocycles. The fourth-order valence-electron chi connectivity index (χ4n) is 8.46. The zero-order chi connectivity index (χ0) is 47.4. The number of hydrogen-bond acceptors (Lipinski definition) is 5. The van der Waals surface area contributed by atoms with Gasteiger partial charge in [-0.1, -0.05) is 281 Å². The largest absolute Gasteiger partial charge is 0.462 e. The first-order valence-corrected chi connectivity index (χ1v) is 28.1. The first-order chi connectivity index (χ1) is 32.0. The van der Waals surface area contributed by atoms with E-state index in [0.717, 1.165) is 77.0 Å². The maximum Gasteiger partial charge on any atom is 0.306 e. The lowest BCUT2D eigenvalue weighted by Gasteiger charge is -2.24. The van der Waals surface area contributed by atoms with Gasteiger partial charge in [-0.05, 0) is 44.9 Å². The van der Waals surface area contributed by atoms with Crippen molar-refractivity contribution in [3.8, 4) is 0 Å². The number of aliphatic hydroxyl groups is 2. The monoisotopic (exact) mass is 910 g/mol. The summed E-state index contributed by atoms with van der Waals surface area (Å²) in [6.45, 7) is 6.41. The molecular formula is C59H107NO5. The molecule has 0 aliphatic heterocycles. The molecule has 0 fully saturated rings. The van der Waals surface area contributed by atoms with E-state index in [-0.39, 0.29) is 24.9 Å². The van der Waals surface area contributed by atoms with Crippen LogP contribution in [-0.2, 0) is 14.3 Å². The lowest BCUT2D eigenvalue weighted by Crippen LogP contribution is -2.46. The van der Waals surface area contributed by atoms with Crippen LogP contribution >= 0.6 is 0 Å². The number of hydrogen-bond donors (Lipinski definition) is 3. The average molecular weight is 911 g/mol. The van der Waals surface area contributed by atoms with E-state index in [1.807, 2.05) is 24.3 Å². The molecule has 6 nitrogen and oxygen atoms in total. The minimum absolute atomic E-state index is 0.0685. The molecule has 378 valence electrons. The van der Waals surface area contributed by atoms with Gasteiger partial charge >= 0.3 is 5.97 Å². The number of esters is 1. The standard InChI is InChI=1S/C59H107NO5/c1-4-7-10-13-16-19-22-25-28-29-30-31-34-37-40-43-46-49-52-59(64)65-55(50-47-44-41-38-35-32-26-23-20-17-14-11-8-5-2)53-58(63)60-56(54-61)57(62)51-48-45-42-39-36-33-27-24-21-18-15-12-9-6-3/h10,13,16,19,22,25,28-31,55-57,61-62H,4-9,11-12,14-15,17-18,20-21,23-24,26-27,32-54H2,1-3H3,(H,60,63)/b13-10+,19-16+,25-22+,29-28+,31-30+. The lowest BCUT2D eigenvalue weighted by molar-refractivity contribution is -0.151. The minimum atomic E-state index is -0.793. The predicted octanol–water partition coefficient (Wildman–Crippen LogP) is 17.2. The molecule has 65 heavy (non-hydrogen) atoms. The Morgan fingerprint density at radius 1 is 0.446 bits per heavy atom. The molecule has 0 aliphatic rings. The number of carbonyl (C=O) groups is 2. The maximum absolute atomic E-state index is 13.3. The summed E-state index contributed by atoms with van der Waals surface area (Å²) in [5.41, 5.74) is 0. The Kier molecular flexibility index (Phi) is 50.6. The van der Waals surface area contributed by atoms with Crippen molar-refractivity contribution in [1.82, 2.24) is 5.32 Å². The molecular weight excluding hydrogens is 803 g/mol. The van der Waals surface area contributed by atoms with Gasteiger partial charge in [0.1, 0.15) is 6.10 Å². The van der Waals surface area contributed by atoms with Gasteiger partial charge in [-0.25, -0.2) is 0 Å². The number of carbonyl (C=O) groups excluding carboxylic acids is 2. The van der Waals surface area contributed by atoms with Gasteiger partial charge in [-0.15, -0.1) is 0 Å². The molecule has 0 radical (unpaired) electrons. The van der Waals surface area contributed by atoms with Gasteiger partial charge in [-0.3, -0.25) is 9.59 Å². The van der Waals surface area contributed by atoms with Gasteiger partial charge in [0.05, 0.1) is 25.2 Å². The van der Waals surface area contributed by atoms with Crippen LogP contribution in [0.5, 0.6) is 0 Å². The Morgan fingerprint density at radius 3 is 1.25 bits per heavy atom. The Labute approximate surface area is 403 Å². The normalized spacial score (nSPS) is 13.6. The summed E-state index contributed by atoms with van der Waals surface area (Å²) in [6.07, 6.45) is 65.6. The van der Waals surface area contributed by atoms with Gasteiger partial charge in [0.15, 0.2) is 0 Å². The molecule has 0 spiro atoms. The fraction of sp³-hybridized carbons (Fsp3) is 0.797. The highest BCUT2D eigenvalue weighted by Gasteiger charge is 2.24. The molecule has 0 bridgehead atoms. The molecule has 0 aliphatic carbocycles. The maximum atomic E-state index is 13.3. The van der Waals surface area contributed by atoms with Crippen LogP contribution < -0.4 is 5.32 Å². The molecule has 3 unspecified atom stereocenters. The van der Waals surface area contributed by atoms with Crippen LogP contribution in [0.25, 0.3) is 0 Å². The van der Waals surface area contributed by atoms with Crippen molar-refractivity contribution in [3.63, 3.8) is 0 Å². The first-order valence-electron chi connectivity index (χ1n) is 28.1. The molecule has 0 rings (SSSR count). The fourth-order valence-corrected chi connectivity index (χ4v) is 8.46. The summed E-state index contributed by atoms with van der Waals surface area (Å²) in [6, 6.07) is -0.707. The van der Waals surface area contributed by atoms with E-state index < -0.39 is 18.2 Å². The van der Waals surface area contributed by atoms with Crippen molar-refractivity contribution in [2.75, 3.05) is 6.61 Å². The van der Waals surface area contributed by atoms with Crippen LogP contribution in [0.15, 0.2) is 60.8 Å². The zero-order valence-electron chi connectivity index (χ0n) is 43.1. The summed E-state index contributed by atoms with van der Waals surface area (Å²) in [5.74, 6) is -0.492. The molecule has 0 aromatic heterocycles. The van der Waals surface area contributed by atoms with Crippen LogP contribution in [0.3, 0.4) is 0 Å². The van der Waals surface area contributed by atoms with Crippen molar-refractivity contribution >= 4 is 11.9 Å². The molecule has 0 aromatic carbocycles. The quantitative estimate of drug-likeness (QED) is 0.0321. The third kappa shape index (κ3) is 47.8. The zero-order valence-corrected chi connectivity index (χ0v) is 43.1. The van der Waals surface area contributed by atoms with E-state index in [4.69, 9.17) is 4.74 Å². The molecule has 0 heterocycles. The van der Waals surface area contributed by atoms with Gasteiger partial charge in [0.25, 0.3) is 0 Å². The van der Waals surface area contributed by atoms with Gasteiger partial charge < -0.3 is 20.3 Å². The smallest absolute Gasteiger partial charge is 0.306 e. The third-order valence-electron chi connectivity index (χ3n) is 12.7. The molecule has 3 N–H and O–H groups in total. The molecule has 0 aromatic rings. The molecule has 0 saturated heterocycles. The summed E-state index contributed by atoms with van der Waals surface area (Å²) in [5, 5.41) is 23.9. The number of nitrogens with one attached hydrogen (secondary N) is 1. The predicted molar refractivity (Wildman–Crippen MR) is 282 cm³/mol. The lowest BCUT2D eigenvalue weighted by atomic mass is 10.0. The van der Waals surface area contributed by atoms with Crippen molar-refractivity contribution in [2.24, 2.45) is 0 Å². The van der Waals surface area contributed by atoms with Crippen molar-refractivity contribution in [2.45, 2.75) is 296 Å². The topological polar surface area (TPSA) is 95.9 Å². The van der Waals surface area contributed by atoms with Crippen molar-refractivity contribution in [1.29, 1.82) is 0 Å². The Hall–Kier alpha value is -2.44. The van der Waals surface area contributed by atoms with Gasteiger partial charge in [0, 0.05) is 6.42 Å². The second-order valence-electron chi connectivity index (χ2n) is 19.1. The van der Waals surface area contributed by atoms with Crippen molar-refractivity contribution in [3.05, 3.63) is 60.8 Å². The van der Waals surface area contributed by atoms with E-state index >= 15 is 0 Å². The highest BCUT2D eigenvalue weighted by Crippen LogP contribution is 2.18. The molecule has 6 heteroatoms. The van der Waals surface area contributed by atoms with E-state index in [1.165, 1.54) is 154 Å². The highest BCUT2D eigenvalue weighted by atomic mass is 16.5. The summed E-state index contributed by atoms with van der Waals surface area (Å²) < 4.78 is 5.95. The number of ether oxygens (including phenoxy) is 1. The first kappa shape index (κ1) is 62.6. The second kappa shape index (κ2) is 52.5. The average Bonchev–Trinajstić information content (AvgIpc) is 3.30. The van der Waals surface area contributed by atoms with Crippen LogP contribution in [0, 0.1) is 0 Å². The van der Waals surface area contributed by atoms with Crippen LogP contribution in [0.2, 0.25) is 0 Å². The minimum Gasteiger partial charge on any atom is -0.462 e. The number of allylic oxidation sites excluding steroid dienone is 10. The number of amides is 1. The Morgan fingerprint density at radius 2 is 0.815 bits per heavy atom. The summed E-state index contributed by atoms with van der Waals surface area (Å²) in [4.78, 5) is 26.2. The van der Waals surface area contributed by atoms with Gasteiger partial charge in [0.2, 0.25) is 5.91 Å². The number of aliphatic hydroxyl groups excluding tert-OH is 2. The van der Waals surface area contributed by atoms with Crippen LogP contribution in [0.1, 0.15) is 278 Å². The third-order valence-corrected chi connectivity index (χ3v) is 12.7. The van der Waals surface area contributed by atoms with Crippen LogP contribution in [0.4, 0.5) is 0 Å². The summed E-state index contributed by atoms with van der Waals surface area (Å²) in [7, 11) is 0.